The Morgan fingerprint density at radius 2 is 1.91 bits per heavy atom. The van der Waals surface area contributed by atoms with Crippen LogP contribution in [0.1, 0.15) is 11.6 Å². The quantitative estimate of drug-likeness (QED) is 0.933. The monoisotopic (exact) mass is 301 g/mol. The number of rotatable bonds is 4. The highest BCUT2D eigenvalue weighted by Gasteiger charge is 2.35. The highest BCUT2D eigenvalue weighted by molar-refractivity contribution is 5.66. The van der Waals surface area contributed by atoms with Gasteiger partial charge in [-0.05, 0) is 12.1 Å². The molecule has 0 bridgehead atoms. The second-order valence-corrected chi connectivity index (χ2v) is 4.88. The number of nitrogens with zero attached hydrogens (tertiary/aromatic N) is 3. The van der Waals surface area contributed by atoms with E-state index >= 15 is 0 Å². The van der Waals surface area contributed by atoms with Crippen molar-refractivity contribution in [3.05, 3.63) is 42.4 Å². The van der Waals surface area contributed by atoms with Crippen LogP contribution >= 0.6 is 0 Å². The van der Waals surface area contributed by atoms with Crippen molar-refractivity contribution in [1.82, 2.24) is 14.9 Å². The van der Waals surface area contributed by atoms with Crippen LogP contribution in [0.5, 0.6) is 17.4 Å². The summed E-state index contributed by atoms with van der Waals surface area (Å²) in [4.78, 5) is 20.7. The molecule has 0 aliphatic carbocycles. The molecule has 1 fully saturated rings. The van der Waals surface area contributed by atoms with Crippen LogP contribution < -0.4 is 9.47 Å². The highest BCUT2D eigenvalue weighted by Crippen LogP contribution is 2.35. The molecular formula is C15H15N3O4. The molecule has 2 heterocycles. The Hall–Kier alpha value is -2.83. The molecule has 2 aromatic rings. The largest absolute Gasteiger partial charge is 0.493 e. The number of aromatic nitrogens is 2. The summed E-state index contributed by atoms with van der Waals surface area (Å²) in [6.07, 6.45) is 2.20. The molecule has 7 nitrogen and oxygen atoms in total. The summed E-state index contributed by atoms with van der Waals surface area (Å²) >= 11 is 0. The average Bonchev–Trinajstić information content (AvgIpc) is 2.47. The van der Waals surface area contributed by atoms with Gasteiger partial charge < -0.3 is 19.5 Å². The summed E-state index contributed by atoms with van der Waals surface area (Å²) in [5, 5.41) is 8.91. The van der Waals surface area contributed by atoms with Crippen LogP contribution in [0.4, 0.5) is 4.79 Å². The number of carboxylic acid groups (broad SMARTS) is 1. The Morgan fingerprint density at radius 1 is 1.23 bits per heavy atom. The second kappa shape index (κ2) is 5.88. The summed E-state index contributed by atoms with van der Waals surface area (Å²) in [6, 6.07) is 7.26. The highest BCUT2D eigenvalue weighted by atomic mass is 16.5. The molecule has 1 aromatic carbocycles. The van der Waals surface area contributed by atoms with Crippen molar-refractivity contribution in [1.29, 1.82) is 0 Å². The van der Waals surface area contributed by atoms with Crippen molar-refractivity contribution in [2.45, 2.75) is 5.92 Å². The number of amides is 1. The molecule has 114 valence electrons. The van der Waals surface area contributed by atoms with Gasteiger partial charge in [0.15, 0.2) is 11.5 Å². The molecule has 0 unspecified atom stereocenters. The van der Waals surface area contributed by atoms with E-state index in [0.717, 1.165) is 0 Å². The first-order valence-electron chi connectivity index (χ1n) is 6.78. The third kappa shape index (κ3) is 2.65. The number of para-hydroxylation sites is 2. The lowest BCUT2D eigenvalue weighted by Gasteiger charge is -2.36. The van der Waals surface area contributed by atoms with Gasteiger partial charge in [0.25, 0.3) is 0 Å². The van der Waals surface area contributed by atoms with E-state index in [1.165, 1.54) is 4.90 Å². The number of hydrogen-bond acceptors (Lipinski definition) is 5. The molecule has 3 rings (SSSR count). The SMILES string of the molecule is COc1ccccc1Oc1nccnc1C1CN(C(=O)O)C1. The Morgan fingerprint density at radius 3 is 2.59 bits per heavy atom. The first kappa shape index (κ1) is 14.1. The van der Waals surface area contributed by atoms with Crippen molar-refractivity contribution >= 4 is 6.09 Å². The van der Waals surface area contributed by atoms with E-state index < -0.39 is 6.09 Å². The van der Waals surface area contributed by atoms with Crippen molar-refractivity contribution in [3.63, 3.8) is 0 Å². The molecule has 0 saturated carbocycles. The molecular weight excluding hydrogens is 286 g/mol. The maximum absolute atomic E-state index is 10.9. The average molecular weight is 301 g/mol. The molecule has 0 spiro atoms. The van der Waals surface area contributed by atoms with E-state index in [-0.39, 0.29) is 5.92 Å². The van der Waals surface area contributed by atoms with Gasteiger partial charge >= 0.3 is 6.09 Å². The lowest BCUT2D eigenvalue weighted by atomic mass is 9.97. The molecule has 1 N–H and O–H groups in total. The zero-order valence-electron chi connectivity index (χ0n) is 12.0. The molecule has 1 aliphatic heterocycles. The topological polar surface area (TPSA) is 84.8 Å². The minimum Gasteiger partial charge on any atom is -0.493 e. The zero-order chi connectivity index (χ0) is 15.5. The van der Waals surface area contributed by atoms with Gasteiger partial charge in [-0.1, -0.05) is 12.1 Å². The second-order valence-electron chi connectivity index (χ2n) is 4.88. The van der Waals surface area contributed by atoms with Crippen LogP contribution in [0, 0.1) is 0 Å². The molecule has 1 aliphatic rings. The van der Waals surface area contributed by atoms with Crippen molar-refractivity contribution in [2.75, 3.05) is 20.2 Å². The fraction of sp³-hybridized carbons (Fsp3) is 0.267. The maximum Gasteiger partial charge on any atom is 0.407 e. The molecule has 1 amide bonds. The van der Waals surface area contributed by atoms with Crippen LogP contribution in [-0.2, 0) is 0 Å². The number of methoxy groups -OCH3 is 1. The van der Waals surface area contributed by atoms with E-state index in [9.17, 15) is 4.79 Å². The van der Waals surface area contributed by atoms with E-state index in [0.29, 0.717) is 36.2 Å². The first-order chi connectivity index (χ1) is 10.7. The normalized spacial score (nSPS) is 14.3. The fourth-order valence-corrected chi connectivity index (χ4v) is 2.31. The predicted octanol–water partition coefficient (Wildman–Crippen LogP) is 2.35. The van der Waals surface area contributed by atoms with Gasteiger partial charge in [0.05, 0.1) is 7.11 Å². The maximum atomic E-state index is 10.9. The molecule has 0 atom stereocenters. The van der Waals surface area contributed by atoms with E-state index in [1.54, 1.807) is 31.6 Å². The van der Waals surface area contributed by atoms with Gasteiger partial charge in [0, 0.05) is 31.4 Å². The van der Waals surface area contributed by atoms with Gasteiger partial charge in [0.2, 0.25) is 5.88 Å². The zero-order valence-corrected chi connectivity index (χ0v) is 12.0. The van der Waals surface area contributed by atoms with E-state index in [1.807, 2.05) is 12.1 Å². The fourth-order valence-electron chi connectivity index (χ4n) is 2.31. The minimum atomic E-state index is -0.924. The van der Waals surface area contributed by atoms with E-state index in [4.69, 9.17) is 14.6 Å². The lowest BCUT2D eigenvalue weighted by molar-refractivity contribution is 0.103. The van der Waals surface area contributed by atoms with Gasteiger partial charge in [-0.3, -0.25) is 4.98 Å². The van der Waals surface area contributed by atoms with Crippen molar-refractivity contribution in [2.24, 2.45) is 0 Å². The van der Waals surface area contributed by atoms with Gasteiger partial charge in [-0.2, -0.15) is 0 Å². The van der Waals surface area contributed by atoms with E-state index in [2.05, 4.69) is 9.97 Å². The molecule has 7 heteroatoms. The lowest BCUT2D eigenvalue weighted by Crippen LogP contribution is -2.48. The molecule has 1 saturated heterocycles. The first-order valence-corrected chi connectivity index (χ1v) is 6.78. The van der Waals surface area contributed by atoms with Gasteiger partial charge in [0.1, 0.15) is 5.69 Å². The van der Waals surface area contributed by atoms with Crippen LogP contribution in [0.25, 0.3) is 0 Å². The smallest absolute Gasteiger partial charge is 0.407 e. The Kier molecular flexibility index (Phi) is 3.78. The molecule has 22 heavy (non-hydrogen) atoms. The van der Waals surface area contributed by atoms with Crippen molar-refractivity contribution < 1.29 is 19.4 Å². The minimum absolute atomic E-state index is 0.00509. The Labute approximate surface area is 127 Å². The van der Waals surface area contributed by atoms with Gasteiger partial charge in [-0.15, -0.1) is 0 Å². The number of carbonyl (C=O) groups is 1. The number of ether oxygens (including phenoxy) is 2. The van der Waals surface area contributed by atoms with Gasteiger partial charge in [-0.25, -0.2) is 9.78 Å². The summed E-state index contributed by atoms with van der Waals surface area (Å²) in [5.41, 5.74) is 0.658. The summed E-state index contributed by atoms with van der Waals surface area (Å²) in [7, 11) is 1.57. The van der Waals surface area contributed by atoms with Crippen LogP contribution in [0.3, 0.4) is 0 Å². The third-order valence-corrected chi connectivity index (χ3v) is 3.51. The van der Waals surface area contributed by atoms with Crippen LogP contribution in [-0.4, -0.2) is 46.3 Å². The third-order valence-electron chi connectivity index (χ3n) is 3.51. The summed E-state index contributed by atoms with van der Waals surface area (Å²) < 4.78 is 11.1. The van der Waals surface area contributed by atoms with Crippen LogP contribution in [0.2, 0.25) is 0 Å². The Balaban J connectivity index is 1.82. The molecule has 1 aromatic heterocycles. The molecule has 0 radical (unpaired) electrons. The Bertz CT molecular complexity index is 686. The summed E-state index contributed by atoms with van der Waals surface area (Å²) in [5.74, 6) is 1.51. The summed E-state index contributed by atoms with van der Waals surface area (Å²) in [6.45, 7) is 0.798. The van der Waals surface area contributed by atoms with Crippen LogP contribution in [0.15, 0.2) is 36.7 Å². The predicted molar refractivity (Wildman–Crippen MR) is 77.4 cm³/mol. The standard InChI is InChI=1S/C15H15N3O4/c1-21-11-4-2-3-5-12(11)22-14-13(16-6-7-17-14)10-8-18(9-10)15(19)20/h2-7,10H,8-9H2,1H3,(H,19,20). The van der Waals surface area contributed by atoms with Crippen molar-refractivity contribution in [3.8, 4) is 17.4 Å². The number of hydrogen-bond donors (Lipinski definition) is 1. The number of likely N-dealkylation sites (tertiary alicyclic amines) is 1. The number of benzene rings is 1.